The summed E-state index contributed by atoms with van der Waals surface area (Å²) in [5, 5.41) is 0. The van der Waals surface area contributed by atoms with Crippen molar-refractivity contribution in [3.8, 4) is 0 Å². The van der Waals surface area contributed by atoms with E-state index in [1.807, 2.05) is 0 Å². The molecule has 0 heterocycles. The van der Waals surface area contributed by atoms with E-state index in [4.69, 9.17) is 8.85 Å². The Bertz CT molecular complexity index is 208. The molecule has 0 saturated carbocycles. The normalized spacial score (nSPS) is 21.5. The Morgan fingerprint density at radius 3 is 2.20 bits per heavy atom. The van der Waals surface area contributed by atoms with Crippen LogP contribution in [0.25, 0.3) is 0 Å². The zero-order valence-electron chi connectivity index (χ0n) is 10.5. The molecule has 1 rings (SSSR count). The summed E-state index contributed by atoms with van der Waals surface area (Å²) in [6, 6.07) is 0. The lowest BCUT2D eigenvalue weighted by Crippen LogP contribution is -2.49. The molecule has 15 heavy (non-hydrogen) atoms. The zero-order chi connectivity index (χ0) is 11.3. The molecule has 0 spiro atoms. The second kappa shape index (κ2) is 5.82. The molecule has 0 aliphatic heterocycles. The predicted molar refractivity (Wildman–Crippen MR) is 66.2 cm³/mol. The van der Waals surface area contributed by atoms with Crippen LogP contribution < -0.4 is 0 Å². The lowest BCUT2D eigenvalue weighted by Gasteiger charge is -2.37. The summed E-state index contributed by atoms with van der Waals surface area (Å²) < 4.78 is 12.2. The Labute approximate surface area is 94.9 Å². The first-order valence-corrected chi connectivity index (χ1v) is 8.09. The Balaban J connectivity index is 2.84. The third kappa shape index (κ3) is 2.71. The highest BCUT2D eigenvalue weighted by molar-refractivity contribution is 6.71. The van der Waals surface area contributed by atoms with E-state index in [2.05, 4.69) is 39.8 Å². The largest absolute Gasteiger partial charge is 0.394 e. The van der Waals surface area contributed by atoms with Gasteiger partial charge in [-0.15, -0.1) is 0 Å². The van der Waals surface area contributed by atoms with Gasteiger partial charge in [0.25, 0.3) is 0 Å². The first-order valence-electron chi connectivity index (χ1n) is 6.12. The molecule has 1 atom stereocenters. The van der Waals surface area contributed by atoms with Gasteiger partial charge in [0.05, 0.1) is 0 Å². The summed E-state index contributed by atoms with van der Waals surface area (Å²) in [5.41, 5.74) is 1.07. The van der Waals surface area contributed by atoms with Crippen LogP contribution in [0.2, 0.25) is 11.1 Å². The van der Waals surface area contributed by atoms with Crippen LogP contribution in [0.3, 0.4) is 0 Å². The Morgan fingerprint density at radius 2 is 1.87 bits per heavy atom. The summed E-state index contributed by atoms with van der Waals surface area (Å²) in [6.45, 7) is 10.2. The average Bonchev–Trinajstić information content (AvgIpc) is 2.70. The molecule has 0 aromatic heterocycles. The molecule has 0 N–H and O–H groups in total. The van der Waals surface area contributed by atoms with Gasteiger partial charge < -0.3 is 8.85 Å². The van der Waals surface area contributed by atoms with E-state index in [9.17, 15) is 0 Å². The zero-order valence-corrected chi connectivity index (χ0v) is 11.5. The van der Waals surface area contributed by atoms with Crippen molar-refractivity contribution in [1.29, 1.82) is 0 Å². The first-order chi connectivity index (χ1) is 7.17. The van der Waals surface area contributed by atoms with Crippen LogP contribution in [0, 0.1) is 0 Å². The van der Waals surface area contributed by atoms with Gasteiger partial charge in [0.2, 0.25) is 0 Å². The van der Waals surface area contributed by atoms with Gasteiger partial charge in [-0.25, -0.2) is 0 Å². The van der Waals surface area contributed by atoms with Gasteiger partial charge in [-0.1, -0.05) is 26.0 Å². The molecular formula is C12H24O2Si. The molecule has 1 aliphatic rings. The standard InChI is InChI=1S/C12H24O2Si/c1-5-13-15(11(3)4,14-6-2)12-9-7-8-10-12/h7,9,11-12H,5-6,8,10H2,1-4H3. The molecule has 1 unspecified atom stereocenters. The quantitative estimate of drug-likeness (QED) is 0.510. The molecule has 0 saturated heterocycles. The van der Waals surface area contributed by atoms with Gasteiger partial charge >= 0.3 is 8.56 Å². The molecule has 3 heteroatoms. The van der Waals surface area contributed by atoms with Gasteiger partial charge in [-0.2, -0.15) is 0 Å². The summed E-state index contributed by atoms with van der Waals surface area (Å²) in [6.07, 6.45) is 6.99. The van der Waals surface area contributed by atoms with Crippen LogP contribution in [0.15, 0.2) is 12.2 Å². The maximum Gasteiger partial charge on any atom is 0.347 e. The summed E-state index contributed by atoms with van der Waals surface area (Å²) in [5.74, 6) is 0. The maximum atomic E-state index is 6.08. The van der Waals surface area contributed by atoms with Crippen molar-refractivity contribution < 1.29 is 8.85 Å². The Morgan fingerprint density at radius 1 is 1.27 bits per heavy atom. The second-order valence-electron chi connectivity index (χ2n) is 4.35. The minimum absolute atomic E-state index is 0.519. The maximum absolute atomic E-state index is 6.08. The molecule has 2 nitrogen and oxygen atoms in total. The molecule has 0 aromatic rings. The van der Waals surface area contributed by atoms with Crippen molar-refractivity contribution in [2.75, 3.05) is 13.2 Å². The van der Waals surface area contributed by atoms with E-state index in [-0.39, 0.29) is 0 Å². The molecule has 0 radical (unpaired) electrons. The lowest BCUT2D eigenvalue weighted by atomic mass is 10.4. The van der Waals surface area contributed by atoms with Crippen molar-refractivity contribution in [2.24, 2.45) is 0 Å². The highest BCUT2D eigenvalue weighted by Crippen LogP contribution is 2.41. The lowest BCUT2D eigenvalue weighted by molar-refractivity contribution is 0.168. The third-order valence-electron chi connectivity index (χ3n) is 3.07. The fraction of sp³-hybridized carbons (Fsp3) is 0.833. The second-order valence-corrected chi connectivity index (χ2v) is 8.27. The highest BCUT2D eigenvalue weighted by atomic mass is 28.4. The molecular weight excluding hydrogens is 204 g/mol. The van der Waals surface area contributed by atoms with Crippen molar-refractivity contribution in [2.45, 2.75) is 51.6 Å². The Kier molecular flexibility index (Phi) is 5.03. The number of allylic oxidation sites excluding steroid dienone is 2. The van der Waals surface area contributed by atoms with Crippen molar-refractivity contribution in [3.05, 3.63) is 12.2 Å². The van der Waals surface area contributed by atoms with Crippen LogP contribution in [0.1, 0.15) is 40.5 Å². The SMILES string of the molecule is CCO[Si](OCC)(C(C)C)C1C=CCC1. The minimum Gasteiger partial charge on any atom is -0.394 e. The highest BCUT2D eigenvalue weighted by Gasteiger charge is 2.48. The van der Waals surface area contributed by atoms with E-state index < -0.39 is 8.56 Å². The van der Waals surface area contributed by atoms with E-state index in [0.717, 1.165) is 13.2 Å². The van der Waals surface area contributed by atoms with Crippen LogP contribution in [-0.2, 0) is 8.85 Å². The van der Waals surface area contributed by atoms with Crippen molar-refractivity contribution >= 4 is 8.56 Å². The average molecular weight is 228 g/mol. The topological polar surface area (TPSA) is 18.5 Å². The molecule has 0 bridgehead atoms. The summed E-state index contributed by atoms with van der Waals surface area (Å²) in [4.78, 5) is 0. The van der Waals surface area contributed by atoms with Gasteiger partial charge in [0.1, 0.15) is 0 Å². The number of hydrogen-bond acceptors (Lipinski definition) is 2. The fourth-order valence-corrected chi connectivity index (χ4v) is 6.35. The smallest absolute Gasteiger partial charge is 0.347 e. The molecule has 1 aliphatic carbocycles. The molecule has 88 valence electrons. The fourth-order valence-electron chi connectivity index (χ4n) is 2.44. The first kappa shape index (κ1) is 12.9. The monoisotopic (exact) mass is 228 g/mol. The van der Waals surface area contributed by atoms with Gasteiger partial charge in [-0.05, 0) is 32.2 Å². The molecule has 0 aromatic carbocycles. The van der Waals surface area contributed by atoms with E-state index >= 15 is 0 Å². The van der Waals surface area contributed by atoms with Gasteiger partial charge in [-0.3, -0.25) is 0 Å². The predicted octanol–water partition coefficient (Wildman–Crippen LogP) is 3.63. The third-order valence-corrected chi connectivity index (χ3v) is 7.68. The summed E-state index contributed by atoms with van der Waals surface area (Å²) >= 11 is 0. The van der Waals surface area contributed by atoms with Crippen LogP contribution >= 0.6 is 0 Å². The molecule has 0 fully saturated rings. The number of hydrogen-bond donors (Lipinski definition) is 0. The van der Waals surface area contributed by atoms with Gasteiger partial charge in [0, 0.05) is 18.8 Å². The van der Waals surface area contributed by atoms with Crippen LogP contribution in [-0.4, -0.2) is 21.8 Å². The van der Waals surface area contributed by atoms with Crippen molar-refractivity contribution in [3.63, 3.8) is 0 Å². The van der Waals surface area contributed by atoms with Crippen LogP contribution in [0.4, 0.5) is 0 Å². The van der Waals surface area contributed by atoms with E-state index in [0.29, 0.717) is 11.1 Å². The summed E-state index contributed by atoms with van der Waals surface area (Å²) in [7, 11) is -2.03. The van der Waals surface area contributed by atoms with Gasteiger partial charge in [0.15, 0.2) is 0 Å². The number of rotatable bonds is 6. The van der Waals surface area contributed by atoms with Crippen molar-refractivity contribution in [1.82, 2.24) is 0 Å². The molecule has 0 amide bonds. The Hall–Kier alpha value is -0.123. The minimum atomic E-state index is -2.03. The van der Waals surface area contributed by atoms with E-state index in [1.54, 1.807) is 0 Å². The van der Waals surface area contributed by atoms with E-state index in [1.165, 1.54) is 12.8 Å². The van der Waals surface area contributed by atoms with Crippen LogP contribution in [0.5, 0.6) is 0 Å².